The summed E-state index contributed by atoms with van der Waals surface area (Å²) in [5.41, 5.74) is 8.62. The zero-order valence-electron chi connectivity index (χ0n) is 13.1. The molecule has 0 spiro atoms. The first-order chi connectivity index (χ1) is 10.2. The van der Waals surface area contributed by atoms with E-state index in [9.17, 15) is 0 Å². The van der Waals surface area contributed by atoms with E-state index in [0.717, 1.165) is 46.7 Å². The second kappa shape index (κ2) is 9.83. The van der Waals surface area contributed by atoms with Gasteiger partial charge in [0.25, 0.3) is 0 Å². The summed E-state index contributed by atoms with van der Waals surface area (Å²) < 4.78 is 2.11. The zero-order chi connectivity index (χ0) is 14.8. The van der Waals surface area contributed by atoms with Crippen LogP contribution in [0.1, 0.15) is 37.3 Å². The highest BCUT2D eigenvalue weighted by atomic mass is 79.9. The van der Waals surface area contributed by atoms with Gasteiger partial charge in [-0.1, -0.05) is 28.8 Å². The molecule has 0 bridgehead atoms. The lowest BCUT2D eigenvalue weighted by molar-refractivity contribution is 0.126. The Balaban J connectivity index is 0.00000132. The van der Waals surface area contributed by atoms with E-state index in [2.05, 4.69) is 48.1 Å². The Hall–Kier alpha value is 0.480. The summed E-state index contributed by atoms with van der Waals surface area (Å²) in [6.07, 6.45) is 5.39. The van der Waals surface area contributed by atoms with E-state index in [-0.39, 0.29) is 24.8 Å². The van der Waals surface area contributed by atoms with Gasteiger partial charge in [-0.3, -0.25) is 4.90 Å². The van der Waals surface area contributed by atoms with Gasteiger partial charge in [0.2, 0.25) is 0 Å². The Bertz CT molecular complexity index is 504. The lowest BCUT2D eigenvalue weighted by Crippen LogP contribution is -2.46. The second-order valence-corrected chi connectivity index (χ2v) is 7.94. The fourth-order valence-electron chi connectivity index (χ4n) is 3.83. The number of hydrogen-bond acceptors (Lipinski definition) is 3. The molecule has 3 nitrogen and oxygen atoms in total. The first-order valence-electron chi connectivity index (χ1n) is 7.86. The first-order valence-corrected chi connectivity index (χ1v) is 9.44. The average molecular weight is 490 g/mol. The molecule has 1 saturated carbocycles. The van der Waals surface area contributed by atoms with Crippen molar-refractivity contribution in [3.05, 3.63) is 26.6 Å². The molecular weight excluding hydrogens is 465 g/mol. The van der Waals surface area contributed by atoms with Crippen LogP contribution in [-0.2, 0) is 0 Å². The number of halogens is 4. The number of piperazine rings is 1. The van der Waals surface area contributed by atoms with Crippen LogP contribution >= 0.6 is 56.7 Å². The Labute approximate surface area is 168 Å². The van der Waals surface area contributed by atoms with Crippen LogP contribution in [0.25, 0.3) is 0 Å². The van der Waals surface area contributed by atoms with Crippen molar-refractivity contribution in [2.45, 2.75) is 31.7 Å². The number of nitrogen functional groups attached to an aromatic ring is 1. The van der Waals surface area contributed by atoms with Gasteiger partial charge in [-0.15, -0.1) is 24.8 Å². The van der Waals surface area contributed by atoms with E-state index in [4.69, 9.17) is 5.73 Å². The third kappa shape index (κ3) is 4.99. The van der Waals surface area contributed by atoms with Gasteiger partial charge in [0, 0.05) is 41.2 Å². The molecule has 7 heteroatoms. The largest absolute Gasteiger partial charge is 0.398 e. The summed E-state index contributed by atoms with van der Waals surface area (Å²) >= 11 is 7.24. The van der Waals surface area contributed by atoms with Crippen LogP contribution in [0.15, 0.2) is 21.1 Å². The van der Waals surface area contributed by atoms with Crippen molar-refractivity contribution < 1.29 is 0 Å². The molecule has 0 aromatic heterocycles. The van der Waals surface area contributed by atoms with Crippen molar-refractivity contribution in [1.29, 1.82) is 0 Å². The smallest absolute Gasteiger partial charge is 0.0507 e. The normalized spacial score (nSPS) is 20.6. The Morgan fingerprint density at radius 2 is 1.70 bits per heavy atom. The molecule has 132 valence electrons. The Morgan fingerprint density at radius 1 is 1.09 bits per heavy atom. The molecule has 1 aliphatic heterocycles. The predicted octanol–water partition coefficient (Wildman–Crippen LogP) is 4.77. The monoisotopic (exact) mass is 487 g/mol. The van der Waals surface area contributed by atoms with Gasteiger partial charge in [-0.05, 0) is 52.4 Å². The van der Waals surface area contributed by atoms with E-state index in [1.807, 2.05) is 6.07 Å². The molecule has 2 aliphatic rings. The van der Waals surface area contributed by atoms with E-state index in [1.54, 1.807) is 0 Å². The van der Waals surface area contributed by atoms with Gasteiger partial charge in [0.15, 0.2) is 0 Å². The predicted molar refractivity (Wildman–Crippen MR) is 110 cm³/mol. The van der Waals surface area contributed by atoms with Crippen LogP contribution in [0.5, 0.6) is 0 Å². The van der Waals surface area contributed by atoms with Crippen LogP contribution in [0.3, 0.4) is 0 Å². The van der Waals surface area contributed by atoms with Crippen molar-refractivity contribution in [3.8, 4) is 0 Å². The van der Waals surface area contributed by atoms with Gasteiger partial charge in [0.05, 0.1) is 5.69 Å². The fraction of sp³-hybridized carbons (Fsp3) is 0.625. The van der Waals surface area contributed by atoms with Gasteiger partial charge < -0.3 is 11.1 Å². The minimum absolute atomic E-state index is 0. The highest BCUT2D eigenvalue weighted by Gasteiger charge is 2.33. The maximum absolute atomic E-state index is 6.42. The molecule has 3 rings (SSSR count). The number of benzene rings is 1. The number of nitrogens with one attached hydrogen (secondary N) is 1. The van der Waals surface area contributed by atoms with Crippen molar-refractivity contribution in [1.82, 2.24) is 10.2 Å². The molecular formula is C16H25Br2Cl2N3. The Morgan fingerprint density at radius 3 is 2.30 bits per heavy atom. The zero-order valence-corrected chi connectivity index (χ0v) is 17.9. The van der Waals surface area contributed by atoms with Gasteiger partial charge >= 0.3 is 0 Å². The number of nitrogens with zero attached hydrogens (tertiary/aromatic N) is 1. The molecule has 1 heterocycles. The van der Waals surface area contributed by atoms with Crippen molar-refractivity contribution in [3.63, 3.8) is 0 Å². The summed E-state index contributed by atoms with van der Waals surface area (Å²) in [6, 6.07) is 4.73. The summed E-state index contributed by atoms with van der Waals surface area (Å²) in [4.78, 5) is 2.64. The maximum atomic E-state index is 6.42. The van der Waals surface area contributed by atoms with E-state index in [0.29, 0.717) is 6.04 Å². The van der Waals surface area contributed by atoms with Gasteiger partial charge in [-0.25, -0.2) is 0 Å². The summed E-state index contributed by atoms with van der Waals surface area (Å²) in [6.45, 7) is 4.39. The summed E-state index contributed by atoms with van der Waals surface area (Å²) in [5, 5.41) is 3.46. The Kier molecular flexibility index (Phi) is 9.20. The molecule has 1 atom stereocenters. The fourth-order valence-corrected chi connectivity index (χ4v) is 5.09. The topological polar surface area (TPSA) is 41.3 Å². The molecule has 1 aromatic carbocycles. The van der Waals surface area contributed by atoms with Crippen LogP contribution in [0, 0.1) is 5.92 Å². The SMILES string of the molecule is Cl.Cl.Nc1c(Br)cc(Br)cc1[C@H](C1CCCC1)N1CCNCC1. The number of hydrogen-bond donors (Lipinski definition) is 2. The highest BCUT2D eigenvalue weighted by molar-refractivity contribution is 9.11. The molecule has 3 N–H and O–H groups in total. The van der Waals surface area contributed by atoms with Crippen LogP contribution < -0.4 is 11.1 Å². The van der Waals surface area contributed by atoms with Gasteiger partial charge in [-0.2, -0.15) is 0 Å². The minimum atomic E-state index is 0. The van der Waals surface area contributed by atoms with E-state index < -0.39 is 0 Å². The molecule has 2 fully saturated rings. The maximum Gasteiger partial charge on any atom is 0.0507 e. The molecule has 1 aliphatic carbocycles. The second-order valence-electron chi connectivity index (χ2n) is 6.17. The average Bonchev–Trinajstić information content (AvgIpc) is 2.99. The van der Waals surface area contributed by atoms with Crippen molar-refractivity contribution >= 4 is 62.4 Å². The summed E-state index contributed by atoms with van der Waals surface area (Å²) in [5.74, 6) is 0.742. The number of nitrogens with two attached hydrogens (primary N) is 1. The molecule has 0 amide bonds. The molecule has 23 heavy (non-hydrogen) atoms. The van der Waals surface area contributed by atoms with E-state index in [1.165, 1.54) is 31.2 Å². The first kappa shape index (κ1) is 21.5. The number of rotatable bonds is 3. The molecule has 0 radical (unpaired) electrons. The molecule has 1 aromatic rings. The lowest BCUT2D eigenvalue weighted by atomic mass is 9.89. The highest BCUT2D eigenvalue weighted by Crippen LogP contribution is 2.43. The quantitative estimate of drug-likeness (QED) is 0.601. The van der Waals surface area contributed by atoms with Crippen molar-refractivity contribution in [2.75, 3.05) is 31.9 Å². The molecule has 1 saturated heterocycles. The van der Waals surface area contributed by atoms with E-state index >= 15 is 0 Å². The lowest BCUT2D eigenvalue weighted by Gasteiger charge is -2.39. The third-order valence-electron chi connectivity index (χ3n) is 4.84. The minimum Gasteiger partial charge on any atom is -0.398 e. The van der Waals surface area contributed by atoms with Crippen LogP contribution in [-0.4, -0.2) is 31.1 Å². The van der Waals surface area contributed by atoms with Crippen LogP contribution in [0.2, 0.25) is 0 Å². The third-order valence-corrected chi connectivity index (χ3v) is 5.95. The standard InChI is InChI=1S/C16H23Br2N3.2ClH/c17-12-9-13(15(19)14(18)10-12)16(11-3-1-2-4-11)21-7-5-20-6-8-21;;/h9-11,16,20H,1-8,19H2;2*1H/t16-;;/m0../s1. The number of anilines is 1. The van der Waals surface area contributed by atoms with Gasteiger partial charge in [0.1, 0.15) is 0 Å². The molecule has 0 unspecified atom stereocenters. The van der Waals surface area contributed by atoms with Crippen LogP contribution in [0.4, 0.5) is 5.69 Å². The summed E-state index contributed by atoms with van der Waals surface area (Å²) in [7, 11) is 0. The van der Waals surface area contributed by atoms with Crippen molar-refractivity contribution in [2.24, 2.45) is 5.92 Å².